The van der Waals surface area contributed by atoms with Crippen LogP contribution in [0.2, 0.25) is 0 Å². The topological polar surface area (TPSA) is 66.9 Å². The first-order chi connectivity index (χ1) is 15.0. The largest absolute Gasteiger partial charge is 0.416 e. The van der Waals surface area contributed by atoms with Crippen LogP contribution in [-0.2, 0) is 12.6 Å². The molecule has 0 amide bonds. The molecule has 0 saturated carbocycles. The van der Waals surface area contributed by atoms with Crippen LogP contribution < -0.4 is 10.6 Å². The van der Waals surface area contributed by atoms with E-state index in [4.69, 9.17) is 0 Å². The lowest BCUT2D eigenvalue weighted by atomic mass is 9.75. The zero-order chi connectivity index (χ0) is 23.1. The van der Waals surface area contributed by atoms with Crippen molar-refractivity contribution in [2.75, 3.05) is 10.6 Å². The molecule has 0 spiro atoms. The first-order valence-corrected chi connectivity index (χ1v) is 9.91. The average Bonchev–Trinajstić information content (AvgIpc) is 2.68. The summed E-state index contributed by atoms with van der Waals surface area (Å²) >= 11 is 0. The summed E-state index contributed by atoms with van der Waals surface area (Å²) in [5.41, 5.74) is 0.303. The maximum atomic E-state index is 13.2. The second kappa shape index (κ2) is 7.89. The summed E-state index contributed by atoms with van der Waals surface area (Å²) in [6.45, 7) is 3.89. The summed E-state index contributed by atoms with van der Waals surface area (Å²) in [4.78, 5) is 21.7. The fourth-order valence-electron chi connectivity index (χ4n) is 3.69. The van der Waals surface area contributed by atoms with Crippen LogP contribution in [0, 0.1) is 11.2 Å². The van der Waals surface area contributed by atoms with Crippen LogP contribution in [0.1, 0.15) is 41.9 Å². The van der Waals surface area contributed by atoms with Crippen molar-refractivity contribution >= 4 is 28.9 Å². The summed E-state index contributed by atoms with van der Waals surface area (Å²) in [6.07, 6.45) is -3.74. The van der Waals surface area contributed by atoms with Crippen LogP contribution in [0.5, 0.6) is 0 Å². The molecule has 1 aliphatic carbocycles. The highest BCUT2D eigenvalue weighted by molar-refractivity contribution is 6.03. The minimum absolute atomic E-state index is 0.124. The Bertz CT molecular complexity index is 1170. The van der Waals surface area contributed by atoms with Crippen molar-refractivity contribution in [3.05, 3.63) is 71.2 Å². The van der Waals surface area contributed by atoms with Crippen molar-refractivity contribution in [2.24, 2.45) is 5.41 Å². The van der Waals surface area contributed by atoms with Gasteiger partial charge >= 0.3 is 6.18 Å². The van der Waals surface area contributed by atoms with Gasteiger partial charge in [-0.25, -0.2) is 9.37 Å². The van der Waals surface area contributed by atoms with Gasteiger partial charge in [0.1, 0.15) is 11.6 Å². The van der Waals surface area contributed by atoms with Crippen molar-refractivity contribution in [1.82, 2.24) is 9.97 Å². The maximum absolute atomic E-state index is 13.2. The number of ketones is 1. The highest BCUT2D eigenvalue weighted by Gasteiger charge is 2.35. The lowest BCUT2D eigenvalue weighted by molar-refractivity contribution is -0.137. The molecule has 0 aliphatic heterocycles. The highest BCUT2D eigenvalue weighted by Crippen LogP contribution is 2.38. The Morgan fingerprint density at radius 3 is 2.34 bits per heavy atom. The molecule has 0 saturated heterocycles. The van der Waals surface area contributed by atoms with E-state index in [1.54, 1.807) is 0 Å². The van der Waals surface area contributed by atoms with Gasteiger partial charge in [0.15, 0.2) is 5.78 Å². The van der Waals surface area contributed by atoms with E-state index >= 15 is 0 Å². The zero-order valence-electron chi connectivity index (χ0n) is 17.3. The molecule has 3 aromatic rings. The fraction of sp³-hybridized carbons (Fsp3) is 0.261. The van der Waals surface area contributed by atoms with Crippen molar-refractivity contribution in [1.29, 1.82) is 0 Å². The van der Waals surface area contributed by atoms with E-state index < -0.39 is 17.6 Å². The number of Topliss-reactive ketones (excluding diaryl/α,β-unsaturated/α-hetero) is 1. The van der Waals surface area contributed by atoms with Gasteiger partial charge in [0.05, 0.1) is 16.8 Å². The number of carbonyl (C=O) groups is 1. The van der Waals surface area contributed by atoms with Gasteiger partial charge in [0.2, 0.25) is 5.95 Å². The minimum atomic E-state index is -4.50. The van der Waals surface area contributed by atoms with E-state index in [0.717, 1.165) is 12.1 Å². The van der Waals surface area contributed by atoms with Crippen molar-refractivity contribution < 1.29 is 22.4 Å². The lowest BCUT2D eigenvalue weighted by Gasteiger charge is -2.30. The number of halogens is 4. The number of hydrogen-bond donors (Lipinski definition) is 2. The SMILES string of the molecule is CC1(C)CC(=O)c2c(nc(Nc3ccc(F)cc3)nc2Nc2cccc(C(F)(F)F)c2)C1. The van der Waals surface area contributed by atoms with E-state index in [0.29, 0.717) is 17.8 Å². The molecule has 166 valence electrons. The number of benzene rings is 2. The Hall–Kier alpha value is -3.49. The van der Waals surface area contributed by atoms with Gasteiger partial charge < -0.3 is 10.6 Å². The number of anilines is 4. The third kappa shape index (κ3) is 4.71. The van der Waals surface area contributed by atoms with Gasteiger partial charge in [0, 0.05) is 17.8 Å². The molecule has 0 bridgehead atoms. The molecular formula is C23H20F4N4O. The van der Waals surface area contributed by atoms with Gasteiger partial charge in [0.25, 0.3) is 0 Å². The van der Waals surface area contributed by atoms with Crippen LogP contribution in [0.15, 0.2) is 48.5 Å². The molecule has 0 atom stereocenters. The highest BCUT2D eigenvalue weighted by atomic mass is 19.4. The maximum Gasteiger partial charge on any atom is 0.416 e. The second-order valence-electron chi connectivity index (χ2n) is 8.49. The molecule has 1 aromatic heterocycles. The molecule has 2 N–H and O–H groups in total. The number of rotatable bonds is 4. The van der Waals surface area contributed by atoms with Crippen LogP contribution in [0.25, 0.3) is 0 Å². The van der Waals surface area contributed by atoms with E-state index in [1.807, 2.05) is 13.8 Å². The molecule has 32 heavy (non-hydrogen) atoms. The van der Waals surface area contributed by atoms with Crippen molar-refractivity contribution in [3.63, 3.8) is 0 Å². The molecule has 0 fully saturated rings. The van der Waals surface area contributed by atoms with Crippen molar-refractivity contribution in [2.45, 2.75) is 32.9 Å². The van der Waals surface area contributed by atoms with E-state index in [9.17, 15) is 22.4 Å². The third-order valence-corrected chi connectivity index (χ3v) is 5.10. The van der Waals surface area contributed by atoms with Gasteiger partial charge in [-0.15, -0.1) is 0 Å². The van der Waals surface area contributed by atoms with E-state index in [1.165, 1.54) is 36.4 Å². The predicted molar refractivity (Wildman–Crippen MR) is 113 cm³/mol. The number of carbonyl (C=O) groups excluding carboxylic acids is 1. The molecule has 4 rings (SSSR count). The number of nitrogens with one attached hydrogen (secondary N) is 2. The molecule has 0 radical (unpaired) electrons. The number of hydrogen-bond acceptors (Lipinski definition) is 5. The Balaban J connectivity index is 1.76. The lowest BCUT2D eigenvalue weighted by Crippen LogP contribution is -2.29. The molecular weight excluding hydrogens is 424 g/mol. The molecule has 2 aromatic carbocycles. The molecule has 1 aliphatic rings. The summed E-state index contributed by atoms with van der Waals surface area (Å²) in [5, 5.41) is 5.83. The second-order valence-corrected chi connectivity index (χ2v) is 8.49. The van der Waals surface area contributed by atoms with Gasteiger partial charge in [-0.2, -0.15) is 18.2 Å². The average molecular weight is 444 g/mol. The first kappa shape index (κ1) is 21.7. The quantitative estimate of drug-likeness (QED) is 0.464. The van der Waals surface area contributed by atoms with Gasteiger partial charge in [-0.1, -0.05) is 19.9 Å². The predicted octanol–water partition coefficient (Wildman–Crippen LogP) is 6.28. The van der Waals surface area contributed by atoms with Crippen LogP contribution >= 0.6 is 0 Å². The zero-order valence-corrected chi connectivity index (χ0v) is 17.3. The number of alkyl halides is 3. The number of fused-ring (bicyclic) bond motifs is 1. The Morgan fingerprint density at radius 1 is 0.938 bits per heavy atom. The Kier molecular flexibility index (Phi) is 5.36. The molecule has 9 heteroatoms. The van der Waals surface area contributed by atoms with Crippen molar-refractivity contribution in [3.8, 4) is 0 Å². The van der Waals surface area contributed by atoms with E-state index in [-0.39, 0.29) is 40.6 Å². The summed E-state index contributed by atoms with van der Waals surface area (Å²) in [7, 11) is 0. The normalized spacial score (nSPS) is 15.2. The first-order valence-electron chi connectivity index (χ1n) is 9.91. The van der Waals surface area contributed by atoms with Crippen LogP contribution in [0.4, 0.5) is 40.7 Å². The molecule has 5 nitrogen and oxygen atoms in total. The standard InChI is InChI=1S/C23H20F4N4O/c1-22(2)11-17-19(18(32)12-22)20(28-16-5-3-4-13(10-16)23(25,26)27)31-21(30-17)29-15-8-6-14(24)7-9-15/h3-10H,11-12H2,1-2H3,(H2,28,29,30,31). The van der Waals surface area contributed by atoms with Gasteiger partial charge in [-0.05, 0) is 54.3 Å². The van der Waals surface area contributed by atoms with Gasteiger partial charge in [-0.3, -0.25) is 4.79 Å². The Morgan fingerprint density at radius 2 is 1.66 bits per heavy atom. The monoisotopic (exact) mass is 444 g/mol. The van der Waals surface area contributed by atoms with Crippen LogP contribution in [-0.4, -0.2) is 15.8 Å². The molecule has 0 unspecified atom stereocenters. The third-order valence-electron chi connectivity index (χ3n) is 5.10. The van der Waals surface area contributed by atoms with E-state index in [2.05, 4.69) is 20.6 Å². The number of aromatic nitrogens is 2. The summed E-state index contributed by atoms with van der Waals surface area (Å²) < 4.78 is 52.6. The Labute approximate surface area is 181 Å². The summed E-state index contributed by atoms with van der Waals surface area (Å²) in [6, 6.07) is 10.2. The fourth-order valence-corrected chi connectivity index (χ4v) is 3.69. The smallest absolute Gasteiger partial charge is 0.339 e. The molecule has 1 heterocycles. The number of nitrogens with zero attached hydrogens (tertiary/aromatic N) is 2. The minimum Gasteiger partial charge on any atom is -0.339 e. The summed E-state index contributed by atoms with van der Waals surface area (Å²) in [5.74, 6) is -0.310. The van der Waals surface area contributed by atoms with Crippen LogP contribution in [0.3, 0.4) is 0 Å².